The van der Waals surface area contributed by atoms with Crippen LogP contribution in [0.5, 0.6) is 0 Å². The SMILES string of the molecule is CC(=O)OC[C@@H]1O[C@@H](N=C=S)[C@H](N[C@@H]2CC[C@H]([N+](=O)[O-])C[C@@H]2[N+](=O)[O-])[C@@H](OC(C)=O)[C@@H]1OC(C)=O. The van der Waals surface area contributed by atoms with Gasteiger partial charge in [-0.1, -0.05) is 0 Å². The molecule has 0 amide bonds. The number of ether oxygens (including phenoxy) is 4. The molecular weight excluding hydrogens is 492 g/mol. The van der Waals surface area contributed by atoms with E-state index >= 15 is 0 Å². The monoisotopic (exact) mass is 518 g/mol. The Balaban J connectivity index is 2.43. The number of nitrogens with one attached hydrogen (secondary N) is 1. The summed E-state index contributed by atoms with van der Waals surface area (Å²) in [4.78, 5) is 60.8. The fraction of sp³-hybridized carbons (Fsp3) is 0.789. The van der Waals surface area contributed by atoms with Gasteiger partial charge in [0.25, 0.3) is 0 Å². The first-order valence-electron chi connectivity index (χ1n) is 10.7. The minimum Gasteiger partial charge on any atom is -0.463 e. The highest BCUT2D eigenvalue weighted by Gasteiger charge is 2.53. The zero-order valence-electron chi connectivity index (χ0n) is 19.2. The van der Waals surface area contributed by atoms with Gasteiger partial charge in [-0.05, 0) is 18.6 Å². The van der Waals surface area contributed by atoms with Gasteiger partial charge < -0.3 is 18.9 Å². The number of esters is 3. The van der Waals surface area contributed by atoms with Crippen molar-refractivity contribution in [3.63, 3.8) is 0 Å². The van der Waals surface area contributed by atoms with Crippen LogP contribution < -0.4 is 5.32 Å². The number of rotatable bonds is 9. The molecule has 2 fully saturated rings. The number of hydrogen-bond donors (Lipinski definition) is 1. The first kappa shape index (κ1) is 28.2. The highest BCUT2D eigenvalue weighted by molar-refractivity contribution is 7.78. The molecule has 0 radical (unpaired) electrons. The maximum atomic E-state index is 11.9. The van der Waals surface area contributed by atoms with E-state index in [4.69, 9.17) is 18.9 Å². The second-order valence-corrected chi connectivity index (χ2v) is 8.32. The molecular formula is C19H26N4O11S. The molecule has 15 nitrogen and oxygen atoms in total. The molecule has 8 atom stereocenters. The van der Waals surface area contributed by atoms with Gasteiger partial charge in [-0.25, -0.2) is 0 Å². The van der Waals surface area contributed by atoms with E-state index in [-0.39, 0.29) is 25.9 Å². The van der Waals surface area contributed by atoms with Crippen molar-refractivity contribution in [1.82, 2.24) is 5.32 Å². The number of hydrogen-bond acceptors (Lipinski definition) is 14. The molecule has 0 aromatic carbocycles. The van der Waals surface area contributed by atoms with Gasteiger partial charge in [0.15, 0.2) is 18.4 Å². The molecule has 16 heteroatoms. The highest BCUT2D eigenvalue weighted by Crippen LogP contribution is 2.30. The average Bonchev–Trinajstić information content (AvgIpc) is 2.75. The van der Waals surface area contributed by atoms with Crippen molar-refractivity contribution in [2.24, 2.45) is 4.99 Å². The number of nitro groups is 2. The Labute approximate surface area is 204 Å². The van der Waals surface area contributed by atoms with Gasteiger partial charge in [0.05, 0.1) is 23.7 Å². The first-order chi connectivity index (χ1) is 16.4. The zero-order valence-corrected chi connectivity index (χ0v) is 20.0. The molecule has 1 N–H and O–H groups in total. The van der Waals surface area contributed by atoms with E-state index in [1.54, 1.807) is 0 Å². The summed E-state index contributed by atoms with van der Waals surface area (Å²) in [6, 6.07) is -4.42. The van der Waals surface area contributed by atoms with E-state index in [0.29, 0.717) is 0 Å². The predicted octanol–water partition coefficient (Wildman–Crippen LogP) is 0.0419. The van der Waals surface area contributed by atoms with E-state index in [0.717, 1.165) is 20.8 Å². The molecule has 0 aromatic rings. The molecule has 1 aliphatic heterocycles. The lowest BCUT2D eigenvalue weighted by molar-refractivity contribution is -0.570. The van der Waals surface area contributed by atoms with E-state index < -0.39 is 76.5 Å². The molecule has 1 heterocycles. The predicted molar refractivity (Wildman–Crippen MR) is 118 cm³/mol. The van der Waals surface area contributed by atoms with E-state index in [2.05, 4.69) is 27.7 Å². The third-order valence-corrected chi connectivity index (χ3v) is 5.77. The first-order valence-corrected chi connectivity index (χ1v) is 11.1. The highest BCUT2D eigenvalue weighted by atomic mass is 32.1. The zero-order chi connectivity index (χ0) is 26.3. The van der Waals surface area contributed by atoms with Crippen LogP contribution in [0.1, 0.15) is 40.0 Å². The minimum absolute atomic E-state index is 0.0592. The molecule has 1 aliphatic carbocycles. The number of aliphatic imine (C=N–C) groups is 1. The molecule has 2 rings (SSSR count). The summed E-state index contributed by atoms with van der Waals surface area (Å²) in [7, 11) is 0. The lowest BCUT2D eigenvalue weighted by Gasteiger charge is -2.45. The molecule has 35 heavy (non-hydrogen) atoms. The molecule has 0 aromatic heterocycles. The van der Waals surface area contributed by atoms with Crippen molar-refractivity contribution >= 4 is 35.3 Å². The lowest BCUT2D eigenvalue weighted by atomic mass is 9.85. The van der Waals surface area contributed by atoms with Gasteiger partial charge in [0, 0.05) is 37.0 Å². The molecule has 2 aliphatic rings. The van der Waals surface area contributed by atoms with Crippen LogP contribution in [-0.4, -0.2) is 88.2 Å². The van der Waals surface area contributed by atoms with Gasteiger partial charge in [0.1, 0.15) is 12.7 Å². The lowest BCUT2D eigenvalue weighted by Crippen LogP contribution is -2.68. The summed E-state index contributed by atoms with van der Waals surface area (Å²) in [5.74, 6) is -2.17. The Morgan fingerprint density at radius 1 is 1.06 bits per heavy atom. The van der Waals surface area contributed by atoms with Crippen molar-refractivity contribution in [3.05, 3.63) is 20.2 Å². The average molecular weight is 519 g/mol. The molecule has 0 bridgehead atoms. The number of carbonyl (C=O) groups excluding carboxylic acids is 3. The standard InChI is InChI=1S/C19H26N4O11S/c1-9(24)31-7-15-17(32-10(2)25)18(33-11(3)26)16(19(34-15)20-8-35)21-13-5-4-12(22(27)28)6-14(13)23(29)30/h12-19,21H,4-7H2,1-3H3/t12-,13+,14-,15-,16+,17+,18+,19+/m0/s1. The van der Waals surface area contributed by atoms with E-state index in [1.165, 1.54) is 0 Å². The Hall–Kier alpha value is -3.07. The topological polar surface area (TPSA) is 199 Å². The largest absolute Gasteiger partial charge is 0.463 e. The Bertz CT molecular complexity index is 896. The number of carbonyl (C=O) groups is 3. The van der Waals surface area contributed by atoms with Crippen LogP contribution >= 0.6 is 12.2 Å². The van der Waals surface area contributed by atoms with E-state index in [1.807, 2.05) is 0 Å². The Morgan fingerprint density at radius 3 is 2.20 bits per heavy atom. The maximum Gasteiger partial charge on any atom is 0.303 e. The van der Waals surface area contributed by atoms with Gasteiger partial charge in [-0.15, -0.1) is 0 Å². The van der Waals surface area contributed by atoms with E-state index in [9.17, 15) is 34.6 Å². The molecule has 0 spiro atoms. The fourth-order valence-corrected chi connectivity index (χ4v) is 4.35. The van der Waals surface area contributed by atoms with Crippen molar-refractivity contribution in [1.29, 1.82) is 0 Å². The third kappa shape index (κ3) is 7.71. The molecule has 0 unspecified atom stereocenters. The normalized spacial score (nSPS) is 32.4. The van der Waals surface area contributed by atoms with Crippen LogP contribution in [0.4, 0.5) is 0 Å². The van der Waals surface area contributed by atoms with Gasteiger partial charge in [-0.3, -0.25) is 39.9 Å². The molecule has 1 saturated heterocycles. The van der Waals surface area contributed by atoms with Crippen molar-refractivity contribution in [3.8, 4) is 0 Å². The van der Waals surface area contributed by atoms with Gasteiger partial charge >= 0.3 is 17.9 Å². The summed E-state index contributed by atoms with van der Waals surface area (Å²) in [5, 5.41) is 28.0. The second kappa shape index (κ2) is 12.6. The van der Waals surface area contributed by atoms with Crippen LogP contribution in [-0.2, 0) is 33.3 Å². The smallest absolute Gasteiger partial charge is 0.303 e. The van der Waals surface area contributed by atoms with Crippen molar-refractivity contribution in [2.45, 2.75) is 88.7 Å². The second-order valence-electron chi connectivity index (χ2n) is 8.14. The van der Waals surface area contributed by atoms with Gasteiger partial charge in [-0.2, -0.15) is 4.99 Å². The third-order valence-electron chi connectivity index (χ3n) is 5.66. The summed E-state index contributed by atoms with van der Waals surface area (Å²) >= 11 is 4.68. The number of isothiocyanates is 1. The molecule has 194 valence electrons. The quantitative estimate of drug-likeness (QED) is 0.107. The van der Waals surface area contributed by atoms with Gasteiger partial charge in [0.2, 0.25) is 12.1 Å². The minimum atomic E-state index is -1.33. The molecule has 1 saturated carbocycles. The Morgan fingerprint density at radius 2 is 1.69 bits per heavy atom. The Kier molecular flexibility index (Phi) is 10.1. The number of thiocarbonyl (C=S) groups is 1. The summed E-state index contributed by atoms with van der Waals surface area (Å²) in [5.41, 5.74) is 0. The van der Waals surface area contributed by atoms with Crippen LogP contribution in [0.3, 0.4) is 0 Å². The summed E-state index contributed by atoms with van der Waals surface area (Å²) in [6.45, 7) is 2.99. The van der Waals surface area contributed by atoms with Crippen LogP contribution in [0.2, 0.25) is 0 Å². The maximum absolute atomic E-state index is 11.9. The van der Waals surface area contributed by atoms with Crippen LogP contribution in [0, 0.1) is 20.2 Å². The summed E-state index contributed by atoms with van der Waals surface area (Å²) in [6.07, 6.45) is -5.11. The summed E-state index contributed by atoms with van der Waals surface area (Å²) < 4.78 is 21.6. The van der Waals surface area contributed by atoms with Crippen LogP contribution in [0.15, 0.2) is 4.99 Å². The van der Waals surface area contributed by atoms with Crippen molar-refractivity contribution in [2.75, 3.05) is 6.61 Å². The fourth-order valence-electron chi connectivity index (χ4n) is 4.25. The van der Waals surface area contributed by atoms with Crippen molar-refractivity contribution < 1.29 is 43.2 Å². The number of nitrogens with zero attached hydrogens (tertiary/aromatic N) is 3. The van der Waals surface area contributed by atoms with Crippen LogP contribution in [0.25, 0.3) is 0 Å².